The van der Waals surface area contributed by atoms with E-state index in [-0.39, 0.29) is 0 Å². The Balaban J connectivity index is 2.50. The van der Waals surface area contributed by atoms with Gasteiger partial charge in [0.05, 0.1) is 13.2 Å². The van der Waals surface area contributed by atoms with E-state index >= 15 is 0 Å². The highest BCUT2D eigenvalue weighted by Crippen LogP contribution is 2.26. The van der Waals surface area contributed by atoms with Crippen molar-refractivity contribution in [2.45, 2.75) is 65.8 Å². The number of rotatable bonds is 12. The summed E-state index contributed by atoms with van der Waals surface area (Å²) in [5.74, 6) is 1.97. The molecule has 0 bridgehead atoms. The molecule has 0 saturated carbocycles. The summed E-state index contributed by atoms with van der Waals surface area (Å²) >= 11 is 0. The SMILES string of the molecule is CCCCOc1ccc(OCCCNC(C)C)c(CCC)c1. The van der Waals surface area contributed by atoms with E-state index in [1.165, 1.54) is 5.56 Å². The highest BCUT2D eigenvalue weighted by Gasteiger charge is 2.06. The first-order valence-electron chi connectivity index (χ1n) is 8.79. The summed E-state index contributed by atoms with van der Waals surface area (Å²) in [4.78, 5) is 0. The van der Waals surface area contributed by atoms with Crippen molar-refractivity contribution in [3.05, 3.63) is 23.8 Å². The molecule has 0 aliphatic carbocycles. The van der Waals surface area contributed by atoms with Gasteiger partial charge in [0.1, 0.15) is 11.5 Å². The van der Waals surface area contributed by atoms with E-state index in [1.807, 2.05) is 6.07 Å². The highest BCUT2D eigenvalue weighted by molar-refractivity contribution is 5.40. The van der Waals surface area contributed by atoms with Crippen molar-refractivity contribution in [2.24, 2.45) is 0 Å². The Morgan fingerprint density at radius 2 is 1.77 bits per heavy atom. The zero-order valence-corrected chi connectivity index (χ0v) is 14.8. The van der Waals surface area contributed by atoms with Crippen LogP contribution in [0.15, 0.2) is 18.2 Å². The van der Waals surface area contributed by atoms with Crippen LogP contribution in [0.3, 0.4) is 0 Å². The van der Waals surface area contributed by atoms with Gasteiger partial charge < -0.3 is 14.8 Å². The lowest BCUT2D eigenvalue weighted by Gasteiger charge is -2.14. The molecule has 0 radical (unpaired) electrons. The van der Waals surface area contributed by atoms with Gasteiger partial charge >= 0.3 is 0 Å². The first-order valence-corrected chi connectivity index (χ1v) is 8.79. The van der Waals surface area contributed by atoms with Crippen LogP contribution in [0.5, 0.6) is 11.5 Å². The van der Waals surface area contributed by atoms with E-state index in [9.17, 15) is 0 Å². The van der Waals surface area contributed by atoms with Gasteiger partial charge in [-0.15, -0.1) is 0 Å². The third kappa shape index (κ3) is 7.69. The number of benzene rings is 1. The Morgan fingerprint density at radius 1 is 1.00 bits per heavy atom. The lowest BCUT2D eigenvalue weighted by atomic mass is 10.1. The predicted molar refractivity (Wildman–Crippen MR) is 94.1 cm³/mol. The fraction of sp³-hybridized carbons (Fsp3) is 0.684. The number of hydrogen-bond acceptors (Lipinski definition) is 3. The minimum Gasteiger partial charge on any atom is -0.494 e. The summed E-state index contributed by atoms with van der Waals surface area (Å²) in [7, 11) is 0. The molecule has 0 atom stereocenters. The summed E-state index contributed by atoms with van der Waals surface area (Å²) in [5.41, 5.74) is 1.26. The fourth-order valence-electron chi connectivity index (χ4n) is 2.23. The van der Waals surface area contributed by atoms with Gasteiger partial charge in [0.15, 0.2) is 0 Å². The molecule has 22 heavy (non-hydrogen) atoms. The Kier molecular flexibility index (Phi) is 9.72. The number of aryl methyl sites for hydroxylation is 1. The molecule has 0 fully saturated rings. The van der Waals surface area contributed by atoms with Crippen molar-refractivity contribution in [3.8, 4) is 11.5 Å². The summed E-state index contributed by atoms with van der Waals surface area (Å²) in [6.07, 6.45) is 5.43. The molecule has 0 heterocycles. The second-order valence-corrected chi connectivity index (χ2v) is 6.03. The molecule has 126 valence electrons. The average molecular weight is 307 g/mol. The summed E-state index contributed by atoms with van der Waals surface area (Å²) in [5, 5.41) is 3.41. The van der Waals surface area contributed by atoms with Crippen LogP contribution in [-0.4, -0.2) is 25.8 Å². The summed E-state index contributed by atoms with van der Waals surface area (Å²) < 4.78 is 11.7. The standard InChI is InChI=1S/C19H33NO2/c1-5-7-13-21-18-10-11-19(17(15-18)9-6-2)22-14-8-12-20-16(3)4/h10-11,15-16,20H,5-9,12-14H2,1-4H3. The van der Waals surface area contributed by atoms with E-state index in [0.717, 1.165) is 63.4 Å². The van der Waals surface area contributed by atoms with Gasteiger partial charge in [-0.25, -0.2) is 0 Å². The summed E-state index contributed by atoms with van der Waals surface area (Å²) in [6.45, 7) is 11.3. The van der Waals surface area contributed by atoms with Crippen LogP contribution in [0.25, 0.3) is 0 Å². The zero-order chi connectivity index (χ0) is 16.2. The molecular formula is C19H33NO2. The van der Waals surface area contributed by atoms with E-state index in [1.54, 1.807) is 0 Å². The van der Waals surface area contributed by atoms with Crippen molar-refractivity contribution < 1.29 is 9.47 Å². The van der Waals surface area contributed by atoms with Crippen molar-refractivity contribution in [3.63, 3.8) is 0 Å². The third-order valence-corrected chi connectivity index (χ3v) is 3.45. The van der Waals surface area contributed by atoms with Gasteiger partial charge in [-0.2, -0.15) is 0 Å². The molecule has 0 unspecified atom stereocenters. The second kappa shape index (κ2) is 11.4. The molecule has 1 rings (SSSR count). The number of hydrogen-bond donors (Lipinski definition) is 1. The van der Waals surface area contributed by atoms with Crippen LogP contribution in [0.2, 0.25) is 0 Å². The first kappa shape index (κ1) is 18.8. The van der Waals surface area contributed by atoms with Crippen molar-refractivity contribution >= 4 is 0 Å². The molecule has 1 aromatic rings. The largest absolute Gasteiger partial charge is 0.494 e. The number of nitrogens with one attached hydrogen (secondary N) is 1. The molecule has 3 nitrogen and oxygen atoms in total. The molecular weight excluding hydrogens is 274 g/mol. The number of ether oxygens (including phenoxy) is 2. The van der Waals surface area contributed by atoms with Crippen LogP contribution < -0.4 is 14.8 Å². The van der Waals surface area contributed by atoms with Gasteiger partial charge in [-0.05, 0) is 49.6 Å². The van der Waals surface area contributed by atoms with Crippen molar-refractivity contribution in [1.29, 1.82) is 0 Å². The fourth-order valence-corrected chi connectivity index (χ4v) is 2.23. The second-order valence-electron chi connectivity index (χ2n) is 6.03. The predicted octanol–water partition coefficient (Wildman–Crippen LogP) is 4.58. The van der Waals surface area contributed by atoms with Gasteiger partial charge in [-0.1, -0.05) is 40.5 Å². The Hall–Kier alpha value is -1.22. The van der Waals surface area contributed by atoms with Crippen LogP contribution in [0.4, 0.5) is 0 Å². The van der Waals surface area contributed by atoms with E-state index < -0.39 is 0 Å². The van der Waals surface area contributed by atoms with E-state index in [0.29, 0.717) is 6.04 Å². The van der Waals surface area contributed by atoms with Gasteiger partial charge in [0.2, 0.25) is 0 Å². The van der Waals surface area contributed by atoms with E-state index in [4.69, 9.17) is 9.47 Å². The average Bonchev–Trinajstić information content (AvgIpc) is 2.49. The maximum Gasteiger partial charge on any atom is 0.122 e. The van der Waals surface area contributed by atoms with Gasteiger partial charge in [0.25, 0.3) is 0 Å². The number of unbranched alkanes of at least 4 members (excludes halogenated alkanes) is 1. The zero-order valence-electron chi connectivity index (χ0n) is 14.8. The van der Waals surface area contributed by atoms with Crippen LogP contribution in [-0.2, 0) is 6.42 Å². The normalized spacial score (nSPS) is 11.0. The molecule has 1 aromatic carbocycles. The minimum atomic E-state index is 0.537. The third-order valence-electron chi connectivity index (χ3n) is 3.45. The molecule has 0 aromatic heterocycles. The van der Waals surface area contributed by atoms with Gasteiger partial charge in [0, 0.05) is 6.04 Å². The Labute approximate surface area is 136 Å². The Morgan fingerprint density at radius 3 is 2.45 bits per heavy atom. The molecule has 0 aliphatic rings. The lowest BCUT2D eigenvalue weighted by molar-refractivity contribution is 0.296. The minimum absolute atomic E-state index is 0.537. The molecule has 0 saturated heterocycles. The highest BCUT2D eigenvalue weighted by atomic mass is 16.5. The van der Waals surface area contributed by atoms with Crippen LogP contribution in [0, 0.1) is 0 Å². The molecule has 1 N–H and O–H groups in total. The first-order chi connectivity index (χ1) is 10.7. The quantitative estimate of drug-likeness (QED) is 0.573. The van der Waals surface area contributed by atoms with Crippen LogP contribution >= 0.6 is 0 Å². The Bertz CT molecular complexity index is 404. The maximum absolute atomic E-state index is 5.96. The molecule has 0 amide bonds. The topological polar surface area (TPSA) is 30.5 Å². The smallest absolute Gasteiger partial charge is 0.122 e. The molecule has 0 aliphatic heterocycles. The molecule has 3 heteroatoms. The summed E-state index contributed by atoms with van der Waals surface area (Å²) in [6, 6.07) is 6.76. The van der Waals surface area contributed by atoms with E-state index in [2.05, 4.69) is 45.1 Å². The maximum atomic E-state index is 5.96. The van der Waals surface area contributed by atoms with Gasteiger partial charge in [-0.3, -0.25) is 0 Å². The van der Waals surface area contributed by atoms with Crippen molar-refractivity contribution in [1.82, 2.24) is 5.32 Å². The monoisotopic (exact) mass is 307 g/mol. The molecule has 0 spiro atoms. The van der Waals surface area contributed by atoms with Crippen LogP contribution in [0.1, 0.15) is 58.9 Å². The van der Waals surface area contributed by atoms with Crippen molar-refractivity contribution in [2.75, 3.05) is 19.8 Å². The lowest BCUT2D eigenvalue weighted by Crippen LogP contribution is -2.24.